The van der Waals surface area contributed by atoms with Crippen LogP contribution in [0.3, 0.4) is 0 Å². The van der Waals surface area contributed by atoms with Crippen molar-refractivity contribution >= 4 is 12.2 Å². The van der Waals surface area contributed by atoms with Crippen molar-refractivity contribution in [1.29, 1.82) is 0 Å². The second-order valence-electron chi connectivity index (χ2n) is 7.45. The third-order valence-electron chi connectivity index (χ3n) is 5.55. The van der Waals surface area contributed by atoms with Gasteiger partial charge in [-0.05, 0) is 41.8 Å². The molecule has 0 aliphatic carbocycles. The van der Waals surface area contributed by atoms with Gasteiger partial charge in [-0.2, -0.15) is 0 Å². The molecular weight excluding hydrogens is 332 g/mol. The molecule has 0 saturated heterocycles. The number of benzene rings is 2. The van der Waals surface area contributed by atoms with Crippen molar-refractivity contribution in [1.82, 2.24) is 0 Å². The van der Waals surface area contributed by atoms with Gasteiger partial charge in [0.15, 0.2) is 0 Å². The summed E-state index contributed by atoms with van der Waals surface area (Å²) in [6.07, 6.45) is 10.5. The van der Waals surface area contributed by atoms with Gasteiger partial charge in [0.05, 0.1) is 0 Å². The molecule has 0 heterocycles. The lowest BCUT2D eigenvalue weighted by atomic mass is 9.72. The minimum atomic E-state index is -0.219. The first-order valence-electron chi connectivity index (χ1n) is 9.88. The van der Waals surface area contributed by atoms with Crippen LogP contribution < -0.4 is 0 Å². The van der Waals surface area contributed by atoms with Crippen molar-refractivity contribution in [3.63, 3.8) is 0 Å². The van der Waals surface area contributed by atoms with Crippen molar-refractivity contribution in [2.45, 2.75) is 57.8 Å². The molecule has 2 aromatic rings. The number of phenolic OH excluding ortho intramolecular Hbond substituents is 2. The van der Waals surface area contributed by atoms with E-state index in [1.165, 1.54) is 25.7 Å². The van der Waals surface area contributed by atoms with Crippen molar-refractivity contribution in [3.8, 4) is 11.5 Å². The van der Waals surface area contributed by atoms with E-state index in [0.29, 0.717) is 0 Å². The van der Waals surface area contributed by atoms with E-state index in [1.807, 2.05) is 24.3 Å². The standard InChI is InChI=1S/C25H32O2/c1-5-8-9-10-11-16-25(4,21-12-14-23(26)19(6-2)17-21)22-13-15-24(27)20(7-3)18-22/h6-7,12-15,17-18,26-27H,2-3,5,8-11,16H2,1,4H3. The number of aromatic hydroxyl groups is 2. The van der Waals surface area contributed by atoms with E-state index in [4.69, 9.17) is 0 Å². The molecule has 0 radical (unpaired) electrons. The molecular formula is C25H32O2. The van der Waals surface area contributed by atoms with Crippen LogP contribution in [0.2, 0.25) is 0 Å². The zero-order valence-electron chi connectivity index (χ0n) is 16.7. The predicted molar refractivity (Wildman–Crippen MR) is 116 cm³/mol. The summed E-state index contributed by atoms with van der Waals surface area (Å²) in [4.78, 5) is 0. The number of hydrogen-bond donors (Lipinski definition) is 2. The van der Waals surface area contributed by atoms with E-state index in [9.17, 15) is 10.2 Å². The number of phenols is 2. The second kappa shape index (κ2) is 9.45. The van der Waals surface area contributed by atoms with Gasteiger partial charge in [0.25, 0.3) is 0 Å². The fraction of sp³-hybridized carbons (Fsp3) is 0.360. The van der Waals surface area contributed by atoms with E-state index in [0.717, 1.165) is 35.1 Å². The summed E-state index contributed by atoms with van der Waals surface area (Å²) < 4.78 is 0. The first-order valence-corrected chi connectivity index (χ1v) is 9.88. The van der Waals surface area contributed by atoms with Crippen LogP contribution in [-0.4, -0.2) is 10.2 Å². The van der Waals surface area contributed by atoms with E-state index >= 15 is 0 Å². The Hall–Kier alpha value is -2.48. The summed E-state index contributed by atoms with van der Waals surface area (Å²) in [5, 5.41) is 20.1. The van der Waals surface area contributed by atoms with Crippen LogP contribution in [0.1, 0.15) is 74.6 Å². The lowest BCUT2D eigenvalue weighted by molar-refractivity contribution is 0.460. The van der Waals surface area contributed by atoms with Gasteiger partial charge in [-0.25, -0.2) is 0 Å². The van der Waals surface area contributed by atoms with E-state index in [2.05, 4.69) is 27.0 Å². The highest BCUT2D eigenvalue weighted by atomic mass is 16.3. The first kappa shape index (κ1) is 20.8. The monoisotopic (exact) mass is 364 g/mol. The van der Waals surface area contributed by atoms with Gasteiger partial charge >= 0.3 is 0 Å². The SMILES string of the molecule is C=Cc1cc(C(C)(CCCCCCC)c2ccc(O)c(C=C)c2)ccc1O. The van der Waals surface area contributed by atoms with Crippen LogP contribution in [0.15, 0.2) is 49.6 Å². The molecule has 0 unspecified atom stereocenters. The van der Waals surface area contributed by atoms with Crippen LogP contribution in [-0.2, 0) is 5.41 Å². The lowest BCUT2D eigenvalue weighted by Gasteiger charge is -2.32. The Morgan fingerprint density at radius 3 is 1.74 bits per heavy atom. The molecule has 0 atom stereocenters. The van der Waals surface area contributed by atoms with Crippen LogP contribution in [0.5, 0.6) is 11.5 Å². The molecule has 2 heteroatoms. The average molecular weight is 365 g/mol. The Kier molecular flexibility index (Phi) is 7.29. The highest BCUT2D eigenvalue weighted by Crippen LogP contribution is 2.40. The maximum absolute atomic E-state index is 10.0. The van der Waals surface area contributed by atoms with Crippen LogP contribution in [0.4, 0.5) is 0 Å². The Bertz CT molecular complexity index is 731. The van der Waals surface area contributed by atoms with Crippen molar-refractivity contribution in [2.75, 3.05) is 0 Å². The molecule has 2 aromatic carbocycles. The van der Waals surface area contributed by atoms with Gasteiger partial charge in [-0.1, -0.05) is 83.4 Å². The number of unbranched alkanes of at least 4 members (excludes halogenated alkanes) is 4. The van der Waals surface area contributed by atoms with Crippen LogP contribution in [0, 0.1) is 0 Å². The third kappa shape index (κ3) is 4.82. The number of hydrogen-bond acceptors (Lipinski definition) is 2. The highest BCUT2D eigenvalue weighted by Gasteiger charge is 2.29. The second-order valence-corrected chi connectivity index (χ2v) is 7.45. The van der Waals surface area contributed by atoms with E-state index in [-0.39, 0.29) is 16.9 Å². The van der Waals surface area contributed by atoms with Crippen molar-refractivity contribution in [2.24, 2.45) is 0 Å². The van der Waals surface area contributed by atoms with E-state index in [1.54, 1.807) is 24.3 Å². The van der Waals surface area contributed by atoms with Gasteiger partial charge in [0.1, 0.15) is 11.5 Å². The molecule has 0 aromatic heterocycles. The van der Waals surface area contributed by atoms with Gasteiger partial charge < -0.3 is 10.2 Å². The molecule has 0 spiro atoms. The highest BCUT2D eigenvalue weighted by molar-refractivity contribution is 5.60. The predicted octanol–water partition coefficient (Wildman–Crippen LogP) is 7.05. The molecule has 144 valence electrons. The Morgan fingerprint density at radius 2 is 1.30 bits per heavy atom. The molecule has 0 bridgehead atoms. The zero-order chi connectivity index (χ0) is 19.9. The molecule has 0 saturated carbocycles. The maximum Gasteiger partial charge on any atom is 0.122 e. The minimum Gasteiger partial charge on any atom is -0.507 e. The molecule has 0 aliphatic rings. The maximum atomic E-state index is 10.0. The largest absolute Gasteiger partial charge is 0.507 e. The smallest absolute Gasteiger partial charge is 0.122 e. The quantitative estimate of drug-likeness (QED) is 0.443. The van der Waals surface area contributed by atoms with Crippen molar-refractivity contribution in [3.05, 3.63) is 71.8 Å². The Labute approximate surface area is 163 Å². The normalized spacial score (nSPS) is 11.3. The van der Waals surface area contributed by atoms with Crippen LogP contribution in [0.25, 0.3) is 12.2 Å². The summed E-state index contributed by atoms with van der Waals surface area (Å²) in [6, 6.07) is 11.5. The summed E-state index contributed by atoms with van der Waals surface area (Å²) in [5.74, 6) is 0.494. The summed E-state index contributed by atoms with van der Waals surface area (Å²) >= 11 is 0. The van der Waals surface area contributed by atoms with Crippen LogP contribution >= 0.6 is 0 Å². The topological polar surface area (TPSA) is 40.5 Å². The molecule has 0 fully saturated rings. The molecule has 2 nitrogen and oxygen atoms in total. The fourth-order valence-corrected chi connectivity index (χ4v) is 3.66. The van der Waals surface area contributed by atoms with Gasteiger partial charge in [-0.15, -0.1) is 0 Å². The average Bonchev–Trinajstić information content (AvgIpc) is 2.68. The van der Waals surface area contributed by atoms with E-state index < -0.39 is 0 Å². The molecule has 27 heavy (non-hydrogen) atoms. The summed E-state index contributed by atoms with van der Waals surface area (Å²) in [5.41, 5.74) is 3.56. The Morgan fingerprint density at radius 1 is 0.815 bits per heavy atom. The van der Waals surface area contributed by atoms with Gasteiger partial charge in [0.2, 0.25) is 0 Å². The lowest BCUT2D eigenvalue weighted by Crippen LogP contribution is -2.24. The third-order valence-corrected chi connectivity index (χ3v) is 5.55. The van der Waals surface area contributed by atoms with Gasteiger partial charge in [0, 0.05) is 16.5 Å². The Balaban J connectivity index is 2.44. The molecule has 2 N–H and O–H groups in total. The minimum absolute atomic E-state index is 0.219. The molecule has 0 amide bonds. The number of rotatable bonds is 10. The fourth-order valence-electron chi connectivity index (χ4n) is 3.66. The first-order chi connectivity index (χ1) is 13.0. The molecule has 0 aliphatic heterocycles. The molecule has 2 rings (SSSR count). The van der Waals surface area contributed by atoms with Gasteiger partial charge in [-0.3, -0.25) is 0 Å². The summed E-state index contributed by atoms with van der Waals surface area (Å²) in [7, 11) is 0. The van der Waals surface area contributed by atoms with Crippen molar-refractivity contribution < 1.29 is 10.2 Å². The summed E-state index contributed by atoms with van der Waals surface area (Å²) in [6.45, 7) is 12.1. The zero-order valence-corrected chi connectivity index (χ0v) is 16.7.